The highest BCUT2D eigenvalue weighted by atomic mass is 16.5. The van der Waals surface area contributed by atoms with Gasteiger partial charge >= 0.3 is 5.97 Å². The van der Waals surface area contributed by atoms with Gasteiger partial charge in [-0.2, -0.15) is 15.6 Å². The maximum absolute atomic E-state index is 11.6. The number of hydrogen-bond acceptors (Lipinski definition) is 5. The van der Waals surface area contributed by atoms with Crippen LogP contribution in [-0.2, 0) is 16.1 Å². The van der Waals surface area contributed by atoms with E-state index in [4.69, 9.17) is 10.5 Å². The third-order valence-corrected chi connectivity index (χ3v) is 3.12. The van der Waals surface area contributed by atoms with Crippen molar-refractivity contribution in [2.45, 2.75) is 13.0 Å². The van der Waals surface area contributed by atoms with Crippen LogP contribution in [-0.4, -0.2) is 22.9 Å². The van der Waals surface area contributed by atoms with Gasteiger partial charge in [-0.1, -0.05) is 30.3 Å². The van der Waals surface area contributed by atoms with E-state index in [0.717, 1.165) is 5.56 Å². The van der Waals surface area contributed by atoms with Crippen molar-refractivity contribution in [3.05, 3.63) is 47.7 Å². The molecule has 0 N–H and O–H groups in total. The summed E-state index contributed by atoms with van der Waals surface area (Å²) in [6, 6.07) is 13.3. The first-order valence-corrected chi connectivity index (χ1v) is 6.89. The highest BCUT2D eigenvalue weighted by Crippen LogP contribution is 2.24. The summed E-state index contributed by atoms with van der Waals surface area (Å²) in [5, 5.41) is 22.3. The predicted octanol–water partition coefficient (Wildman–Crippen LogP) is 2.54. The van der Waals surface area contributed by atoms with Gasteiger partial charge in [0.15, 0.2) is 0 Å². The molecular formula is C17H14N4O2. The highest BCUT2D eigenvalue weighted by Gasteiger charge is 2.14. The first kappa shape index (κ1) is 16.0. The zero-order chi connectivity index (χ0) is 16.7. The smallest absolute Gasteiger partial charge is 0.348 e. The fraction of sp³-hybridized carbons (Fsp3) is 0.176. The molecule has 6 nitrogen and oxygen atoms in total. The molecule has 0 unspecified atom stereocenters. The summed E-state index contributed by atoms with van der Waals surface area (Å²) in [6.07, 6.45) is 3.48. The van der Waals surface area contributed by atoms with E-state index in [1.54, 1.807) is 10.9 Å². The normalized spacial score (nSPS) is 10.7. The molecule has 23 heavy (non-hydrogen) atoms. The van der Waals surface area contributed by atoms with Crippen LogP contribution in [0.4, 0.5) is 0 Å². The van der Waals surface area contributed by atoms with Crippen molar-refractivity contribution in [3.8, 4) is 23.4 Å². The Morgan fingerprint density at radius 2 is 2.09 bits per heavy atom. The Kier molecular flexibility index (Phi) is 5.27. The van der Waals surface area contributed by atoms with Gasteiger partial charge in [-0.15, -0.1) is 0 Å². The monoisotopic (exact) mass is 306 g/mol. The van der Waals surface area contributed by atoms with Gasteiger partial charge in [-0.3, -0.25) is 4.68 Å². The SMILES string of the molecule is COC(=O)/C(C#N)=C/c1cn(CCC#N)nc1-c1ccccc1. The lowest BCUT2D eigenvalue weighted by molar-refractivity contribution is -0.135. The number of esters is 1. The highest BCUT2D eigenvalue weighted by molar-refractivity contribution is 5.98. The Morgan fingerprint density at radius 3 is 2.70 bits per heavy atom. The molecule has 0 spiro atoms. The summed E-state index contributed by atoms with van der Waals surface area (Å²) in [5.41, 5.74) is 2.01. The van der Waals surface area contributed by atoms with Crippen LogP contribution in [0.25, 0.3) is 17.3 Å². The molecule has 0 bridgehead atoms. The Labute approximate surface area is 133 Å². The lowest BCUT2D eigenvalue weighted by Gasteiger charge is -1.99. The zero-order valence-corrected chi connectivity index (χ0v) is 12.6. The number of nitriles is 2. The molecule has 0 saturated carbocycles. The number of carbonyl (C=O) groups is 1. The molecule has 0 fully saturated rings. The van der Waals surface area contributed by atoms with E-state index in [1.165, 1.54) is 13.2 Å². The second-order valence-electron chi connectivity index (χ2n) is 4.63. The average Bonchev–Trinajstić information content (AvgIpc) is 3.00. The number of benzene rings is 1. The molecule has 2 aromatic rings. The third-order valence-electron chi connectivity index (χ3n) is 3.12. The van der Waals surface area contributed by atoms with E-state index in [1.807, 2.05) is 36.4 Å². The van der Waals surface area contributed by atoms with Gasteiger partial charge in [0.2, 0.25) is 0 Å². The molecule has 6 heteroatoms. The van der Waals surface area contributed by atoms with Crippen molar-refractivity contribution in [3.63, 3.8) is 0 Å². The molecule has 2 rings (SSSR count). The molecule has 0 amide bonds. The lowest BCUT2D eigenvalue weighted by atomic mass is 10.1. The van der Waals surface area contributed by atoms with Crippen LogP contribution in [0.1, 0.15) is 12.0 Å². The topological polar surface area (TPSA) is 91.7 Å². The van der Waals surface area contributed by atoms with Crippen LogP contribution in [0.15, 0.2) is 42.1 Å². The van der Waals surface area contributed by atoms with Crippen molar-refractivity contribution >= 4 is 12.0 Å². The Morgan fingerprint density at radius 1 is 1.35 bits per heavy atom. The predicted molar refractivity (Wildman–Crippen MR) is 83.5 cm³/mol. The molecule has 0 radical (unpaired) electrons. The second-order valence-corrected chi connectivity index (χ2v) is 4.63. The van der Waals surface area contributed by atoms with Crippen molar-refractivity contribution in [2.24, 2.45) is 0 Å². The quantitative estimate of drug-likeness (QED) is 0.481. The van der Waals surface area contributed by atoms with E-state index < -0.39 is 5.97 Å². The van der Waals surface area contributed by atoms with Gasteiger partial charge in [0.05, 0.1) is 31.8 Å². The standard InChI is InChI=1S/C17H14N4O2/c1-23-17(22)14(11-19)10-15-12-21(9-5-8-18)20-16(15)13-6-3-2-4-7-13/h2-4,6-7,10,12H,5,9H2,1H3/b14-10+. The Balaban J connectivity index is 2.51. The van der Waals surface area contributed by atoms with Crippen molar-refractivity contribution in [1.82, 2.24) is 9.78 Å². The molecule has 1 heterocycles. The fourth-order valence-electron chi connectivity index (χ4n) is 2.04. The summed E-state index contributed by atoms with van der Waals surface area (Å²) < 4.78 is 6.22. The molecule has 0 saturated heterocycles. The van der Waals surface area contributed by atoms with Crippen molar-refractivity contribution < 1.29 is 9.53 Å². The molecule has 0 aliphatic rings. The molecule has 0 atom stereocenters. The molecule has 1 aromatic carbocycles. The first-order chi connectivity index (χ1) is 11.2. The van der Waals surface area contributed by atoms with Crippen LogP contribution >= 0.6 is 0 Å². The number of methoxy groups -OCH3 is 1. The minimum Gasteiger partial charge on any atom is -0.465 e. The van der Waals surface area contributed by atoms with Crippen LogP contribution < -0.4 is 0 Å². The summed E-state index contributed by atoms with van der Waals surface area (Å²) in [7, 11) is 1.22. The van der Waals surface area contributed by atoms with Crippen LogP contribution in [0.2, 0.25) is 0 Å². The largest absolute Gasteiger partial charge is 0.465 e. The van der Waals surface area contributed by atoms with E-state index in [0.29, 0.717) is 24.2 Å². The number of hydrogen-bond donors (Lipinski definition) is 0. The zero-order valence-electron chi connectivity index (χ0n) is 12.6. The third kappa shape index (κ3) is 3.84. The summed E-state index contributed by atoms with van der Waals surface area (Å²) in [6.45, 7) is 0.435. The van der Waals surface area contributed by atoms with E-state index in [9.17, 15) is 4.79 Å². The maximum Gasteiger partial charge on any atom is 0.348 e. The fourth-order valence-corrected chi connectivity index (χ4v) is 2.04. The number of nitrogens with zero attached hydrogens (tertiary/aromatic N) is 4. The Bertz CT molecular complexity index is 807. The van der Waals surface area contributed by atoms with E-state index >= 15 is 0 Å². The molecule has 1 aromatic heterocycles. The number of rotatable bonds is 5. The van der Waals surface area contributed by atoms with Gasteiger partial charge in [0.1, 0.15) is 11.6 Å². The van der Waals surface area contributed by atoms with Gasteiger partial charge in [-0.05, 0) is 6.08 Å². The summed E-state index contributed by atoms with van der Waals surface area (Å²) in [4.78, 5) is 11.6. The number of ether oxygens (including phenoxy) is 1. The van der Waals surface area contributed by atoms with E-state index in [-0.39, 0.29) is 5.57 Å². The first-order valence-electron chi connectivity index (χ1n) is 6.89. The van der Waals surface area contributed by atoms with Crippen LogP contribution in [0.3, 0.4) is 0 Å². The number of aromatic nitrogens is 2. The molecule has 0 aliphatic heterocycles. The van der Waals surface area contributed by atoms with E-state index in [2.05, 4.69) is 15.9 Å². The number of carbonyl (C=O) groups excluding carboxylic acids is 1. The van der Waals surface area contributed by atoms with Crippen molar-refractivity contribution in [1.29, 1.82) is 10.5 Å². The number of aryl methyl sites for hydroxylation is 1. The average molecular weight is 306 g/mol. The summed E-state index contributed by atoms with van der Waals surface area (Å²) in [5.74, 6) is -0.698. The van der Waals surface area contributed by atoms with Crippen LogP contribution in [0.5, 0.6) is 0 Å². The molecular weight excluding hydrogens is 292 g/mol. The Hall–Kier alpha value is -3.38. The lowest BCUT2D eigenvalue weighted by Crippen LogP contribution is -2.02. The van der Waals surface area contributed by atoms with Gasteiger partial charge in [0.25, 0.3) is 0 Å². The molecule has 114 valence electrons. The maximum atomic E-state index is 11.6. The van der Waals surface area contributed by atoms with Gasteiger partial charge in [0, 0.05) is 17.3 Å². The molecule has 0 aliphatic carbocycles. The van der Waals surface area contributed by atoms with Gasteiger partial charge < -0.3 is 4.74 Å². The minimum absolute atomic E-state index is 0.107. The van der Waals surface area contributed by atoms with Crippen LogP contribution in [0, 0.1) is 22.7 Å². The van der Waals surface area contributed by atoms with Crippen molar-refractivity contribution in [2.75, 3.05) is 7.11 Å². The second kappa shape index (κ2) is 7.58. The van der Waals surface area contributed by atoms with Gasteiger partial charge in [-0.25, -0.2) is 4.79 Å². The minimum atomic E-state index is -0.698. The summed E-state index contributed by atoms with van der Waals surface area (Å²) >= 11 is 0.